The summed E-state index contributed by atoms with van der Waals surface area (Å²) in [6.07, 6.45) is 15.9. The summed E-state index contributed by atoms with van der Waals surface area (Å²) in [6.45, 7) is 9.99. The Kier molecular flexibility index (Phi) is 13.8. The van der Waals surface area contributed by atoms with Crippen LogP contribution in [-0.4, -0.2) is 19.9 Å². The lowest BCUT2D eigenvalue weighted by Gasteiger charge is -2.01. The Morgan fingerprint density at radius 3 is 1.97 bits per heavy atom. The molecule has 0 fully saturated rings. The van der Waals surface area contributed by atoms with Crippen molar-refractivity contribution < 1.29 is 0 Å². The van der Waals surface area contributed by atoms with Crippen molar-refractivity contribution in [3.8, 4) is 12.1 Å². The van der Waals surface area contributed by atoms with Gasteiger partial charge in [0.1, 0.15) is 11.6 Å². The molecule has 6 nitrogen and oxygen atoms in total. The van der Waals surface area contributed by atoms with Crippen molar-refractivity contribution in [2.75, 3.05) is 0 Å². The van der Waals surface area contributed by atoms with E-state index < -0.39 is 0 Å². The van der Waals surface area contributed by atoms with Crippen LogP contribution in [0.15, 0.2) is 6.20 Å². The maximum atomic E-state index is 8.84. The monoisotopic (exact) mass is 438 g/mol. The predicted octanol–water partition coefficient (Wildman–Crippen LogP) is 7.02. The highest BCUT2D eigenvalue weighted by molar-refractivity contribution is 5.22. The fraction of sp³-hybridized carbons (Fsp3) is 0.692. The molecule has 2 aromatic rings. The Morgan fingerprint density at radius 1 is 0.844 bits per heavy atom. The van der Waals surface area contributed by atoms with E-state index in [2.05, 4.69) is 39.0 Å². The summed E-state index contributed by atoms with van der Waals surface area (Å²) in [4.78, 5) is 15.1. The van der Waals surface area contributed by atoms with E-state index in [1.54, 1.807) is 0 Å². The second-order valence-electron chi connectivity index (χ2n) is 8.59. The van der Waals surface area contributed by atoms with E-state index in [9.17, 15) is 0 Å². The average molecular weight is 439 g/mol. The number of rotatable bonds is 13. The van der Waals surface area contributed by atoms with Crippen LogP contribution in [0.5, 0.6) is 0 Å². The van der Waals surface area contributed by atoms with Crippen LogP contribution in [-0.2, 0) is 12.8 Å². The number of H-pyrrole nitrogens is 2. The molecular formula is C26H42N6. The summed E-state index contributed by atoms with van der Waals surface area (Å²) in [5.74, 6) is 1.80. The molecule has 6 heteroatoms. The minimum atomic E-state index is -0.108. The maximum Gasteiger partial charge on any atom is 0.106 e. The van der Waals surface area contributed by atoms with Crippen LogP contribution in [0.2, 0.25) is 0 Å². The number of hydrogen-bond donors (Lipinski definition) is 2. The van der Waals surface area contributed by atoms with E-state index >= 15 is 0 Å². The van der Waals surface area contributed by atoms with Gasteiger partial charge in [-0.1, -0.05) is 65.2 Å². The van der Waals surface area contributed by atoms with Gasteiger partial charge >= 0.3 is 0 Å². The second-order valence-corrected chi connectivity index (χ2v) is 8.59. The summed E-state index contributed by atoms with van der Waals surface area (Å²) in [5.41, 5.74) is 2.77. The van der Waals surface area contributed by atoms with E-state index in [1.807, 2.05) is 33.9 Å². The third-order valence-corrected chi connectivity index (χ3v) is 5.74. The molecule has 0 saturated carbocycles. The van der Waals surface area contributed by atoms with Gasteiger partial charge in [0.25, 0.3) is 0 Å². The smallest absolute Gasteiger partial charge is 0.106 e. The van der Waals surface area contributed by atoms with E-state index in [0.29, 0.717) is 0 Å². The summed E-state index contributed by atoms with van der Waals surface area (Å²) >= 11 is 0. The molecule has 2 N–H and O–H groups in total. The van der Waals surface area contributed by atoms with Gasteiger partial charge in [-0.05, 0) is 27.2 Å². The Bertz CT molecular complexity index is 835. The average Bonchev–Trinajstić information content (AvgIpc) is 3.44. The molecule has 2 heterocycles. The first kappa shape index (κ1) is 27.4. The Labute approximate surface area is 194 Å². The number of nitrogens with one attached hydrogen (secondary N) is 2. The Hall–Kier alpha value is -2.60. The van der Waals surface area contributed by atoms with Crippen LogP contribution in [0, 0.1) is 29.6 Å². The third-order valence-electron chi connectivity index (χ3n) is 5.74. The number of unbranched alkanes of at least 4 members (excludes halogenated alkanes) is 8. The Morgan fingerprint density at radius 2 is 1.44 bits per heavy atom. The molecule has 2 rings (SSSR count). The van der Waals surface area contributed by atoms with Gasteiger partial charge in [0, 0.05) is 19.0 Å². The van der Waals surface area contributed by atoms with Gasteiger partial charge in [0.15, 0.2) is 0 Å². The lowest BCUT2D eigenvalue weighted by molar-refractivity contribution is 0.562. The topological polar surface area (TPSA) is 105 Å². The van der Waals surface area contributed by atoms with Gasteiger partial charge in [-0.2, -0.15) is 10.5 Å². The summed E-state index contributed by atoms with van der Waals surface area (Å²) in [5, 5.41) is 17.5. The van der Waals surface area contributed by atoms with Crippen molar-refractivity contribution in [2.24, 2.45) is 0 Å². The van der Waals surface area contributed by atoms with Crippen LogP contribution in [0.4, 0.5) is 0 Å². The minimum absolute atomic E-state index is 0.0854. The van der Waals surface area contributed by atoms with E-state index in [1.165, 1.54) is 57.8 Å². The van der Waals surface area contributed by atoms with Gasteiger partial charge in [0.05, 0.1) is 41.1 Å². The number of nitriles is 2. The molecule has 0 aromatic carbocycles. The summed E-state index contributed by atoms with van der Waals surface area (Å²) < 4.78 is 0. The molecule has 2 aromatic heterocycles. The zero-order valence-electron chi connectivity index (χ0n) is 20.8. The SMILES string of the molecule is CCCCCCCCCCCc1nc(C(C)C#N)c[nH]1.CCc1nc(C)c(C(C)C#N)[nH]1. The number of aryl methyl sites for hydroxylation is 3. The first-order valence-corrected chi connectivity index (χ1v) is 12.3. The molecule has 0 bridgehead atoms. The fourth-order valence-corrected chi connectivity index (χ4v) is 3.59. The number of nitrogens with zero attached hydrogens (tertiary/aromatic N) is 4. The van der Waals surface area contributed by atoms with Crippen LogP contribution in [0.25, 0.3) is 0 Å². The van der Waals surface area contributed by atoms with Crippen molar-refractivity contribution in [1.82, 2.24) is 19.9 Å². The molecular weight excluding hydrogens is 396 g/mol. The highest BCUT2D eigenvalue weighted by Crippen LogP contribution is 2.16. The van der Waals surface area contributed by atoms with Crippen molar-refractivity contribution in [1.29, 1.82) is 10.5 Å². The molecule has 0 saturated heterocycles. The van der Waals surface area contributed by atoms with Gasteiger partial charge in [-0.3, -0.25) is 0 Å². The second kappa shape index (κ2) is 16.1. The van der Waals surface area contributed by atoms with Crippen molar-refractivity contribution in [3.63, 3.8) is 0 Å². The first-order chi connectivity index (χ1) is 15.5. The normalized spacial score (nSPS) is 12.3. The molecule has 0 aliphatic rings. The van der Waals surface area contributed by atoms with E-state index in [0.717, 1.165) is 41.6 Å². The molecule has 32 heavy (non-hydrogen) atoms. The van der Waals surface area contributed by atoms with Crippen molar-refractivity contribution in [3.05, 3.63) is 34.9 Å². The highest BCUT2D eigenvalue weighted by Gasteiger charge is 2.11. The molecule has 0 spiro atoms. The molecule has 0 aliphatic heterocycles. The number of hydrogen-bond acceptors (Lipinski definition) is 4. The third kappa shape index (κ3) is 10.1. The summed E-state index contributed by atoms with van der Waals surface area (Å²) in [7, 11) is 0. The van der Waals surface area contributed by atoms with Crippen LogP contribution in [0.1, 0.15) is 126 Å². The standard InChI is InChI=1S/C17H29N3.C9H13N3/c1-3-4-5-6-7-8-9-10-11-12-17-19-14-16(20-17)15(2)13-18;1-4-8-11-7(3)9(12-8)6(2)5-10/h14-15H,3-12H2,1-2H3,(H,19,20);6H,4H2,1-3H3,(H,11,12). The molecule has 0 amide bonds. The molecule has 2 atom stereocenters. The molecule has 176 valence electrons. The quantitative estimate of drug-likeness (QED) is 0.328. The fourth-order valence-electron chi connectivity index (χ4n) is 3.59. The van der Waals surface area contributed by atoms with Crippen molar-refractivity contribution in [2.45, 2.75) is 117 Å². The van der Waals surface area contributed by atoms with E-state index in [4.69, 9.17) is 10.5 Å². The zero-order valence-corrected chi connectivity index (χ0v) is 20.8. The van der Waals surface area contributed by atoms with E-state index in [-0.39, 0.29) is 11.8 Å². The number of imidazole rings is 2. The highest BCUT2D eigenvalue weighted by atomic mass is 14.9. The van der Waals surface area contributed by atoms with Crippen molar-refractivity contribution >= 4 is 0 Å². The van der Waals surface area contributed by atoms with Crippen LogP contribution >= 0.6 is 0 Å². The minimum Gasteiger partial charge on any atom is -0.348 e. The van der Waals surface area contributed by atoms with Crippen LogP contribution in [0.3, 0.4) is 0 Å². The predicted molar refractivity (Wildman–Crippen MR) is 130 cm³/mol. The summed E-state index contributed by atoms with van der Waals surface area (Å²) in [6, 6.07) is 4.41. The van der Waals surface area contributed by atoms with Gasteiger partial charge < -0.3 is 9.97 Å². The van der Waals surface area contributed by atoms with Gasteiger partial charge in [0.2, 0.25) is 0 Å². The van der Waals surface area contributed by atoms with Gasteiger partial charge in [-0.15, -0.1) is 0 Å². The molecule has 2 unspecified atom stereocenters. The number of aromatic nitrogens is 4. The maximum absolute atomic E-state index is 8.84. The molecule has 0 radical (unpaired) electrons. The first-order valence-electron chi connectivity index (χ1n) is 12.3. The van der Waals surface area contributed by atoms with Crippen LogP contribution < -0.4 is 0 Å². The zero-order chi connectivity index (χ0) is 23.8. The van der Waals surface area contributed by atoms with Gasteiger partial charge in [-0.25, -0.2) is 9.97 Å². The number of aromatic amines is 2. The Balaban J connectivity index is 0.000000363. The lowest BCUT2D eigenvalue weighted by atomic mass is 10.1. The molecule has 0 aliphatic carbocycles. The largest absolute Gasteiger partial charge is 0.348 e. The lowest BCUT2D eigenvalue weighted by Crippen LogP contribution is -1.92.